The van der Waals surface area contributed by atoms with Gasteiger partial charge in [0.2, 0.25) is 20.0 Å². The normalized spacial score (nSPS) is 13.1. The van der Waals surface area contributed by atoms with Crippen LogP contribution >= 0.6 is 69.6 Å². The number of amides is 2. The van der Waals surface area contributed by atoms with Gasteiger partial charge in [-0.15, -0.1) is 0 Å². The second-order valence-electron chi connectivity index (χ2n) is 6.74. The van der Waals surface area contributed by atoms with Crippen molar-refractivity contribution in [2.45, 2.75) is 20.0 Å². The molecule has 196 valence electrons. The quantitative estimate of drug-likeness (QED) is 0.230. The maximum atomic E-state index is 12.7. The van der Waals surface area contributed by atoms with Crippen LogP contribution in [0.15, 0.2) is 48.5 Å². The van der Waals surface area contributed by atoms with Gasteiger partial charge in [-0.1, -0.05) is 81.7 Å². The van der Waals surface area contributed by atoms with Gasteiger partial charge in [0.25, 0.3) is 0 Å². The van der Waals surface area contributed by atoms with Crippen LogP contribution in [-0.4, -0.2) is 52.2 Å². The van der Waals surface area contributed by atoms with Crippen LogP contribution in [0.4, 0.5) is 4.79 Å². The number of nitrogens with one attached hydrogen (secondary N) is 2. The first-order valence-corrected chi connectivity index (χ1v) is 11.9. The molecule has 2 N–H and O–H groups in total. The number of hydrogen-bond donors (Lipinski definition) is 2. The van der Waals surface area contributed by atoms with Crippen molar-refractivity contribution in [2.24, 2.45) is 0 Å². The molecule has 0 aliphatic rings. The third kappa shape index (κ3) is 9.14. The highest BCUT2D eigenvalue weighted by molar-refractivity contribution is 6.68. The van der Waals surface area contributed by atoms with Gasteiger partial charge < -0.3 is 18.9 Å². The van der Waals surface area contributed by atoms with Crippen molar-refractivity contribution >= 4 is 87.6 Å². The SMILES string of the molecule is COC(=O)c1cccc(O[C@@H](NC(=O)N[C@H](Oc2cccc(C(=O)OC)c2)C(Cl)(Cl)Cl)C(Cl)(Cl)Cl)c1. The first kappa shape index (κ1) is 30.2. The smallest absolute Gasteiger partial charge is 0.337 e. The minimum Gasteiger partial charge on any atom is -0.466 e. The number of methoxy groups -OCH3 is 2. The predicted molar refractivity (Wildman–Crippen MR) is 137 cm³/mol. The summed E-state index contributed by atoms with van der Waals surface area (Å²) in [4.78, 5) is 36.2. The Bertz CT molecular complexity index is 1010. The largest absolute Gasteiger partial charge is 0.466 e. The average molecular weight is 623 g/mol. The zero-order valence-electron chi connectivity index (χ0n) is 18.4. The van der Waals surface area contributed by atoms with E-state index in [1.807, 2.05) is 0 Å². The summed E-state index contributed by atoms with van der Waals surface area (Å²) in [5, 5.41) is 4.56. The number of hydrogen-bond acceptors (Lipinski definition) is 7. The predicted octanol–water partition coefficient (Wildman–Crippen LogP) is 5.41. The maximum Gasteiger partial charge on any atom is 0.337 e. The van der Waals surface area contributed by atoms with Crippen molar-refractivity contribution in [3.8, 4) is 11.5 Å². The standard InChI is InChI=1S/C21H18Cl6N2O7/c1-33-15(30)11-5-3-7-13(9-11)35-17(20(22,23)24)28-19(32)29-18(21(25,26)27)36-14-8-4-6-12(10-14)16(31)34-2/h3-10,17-18H,1-2H3,(H2,28,29,32)/t17-,18-/m1/s1. The zero-order valence-corrected chi connectivity index (χ0v) is 22.9. The molecule has 2 aromatic carbocycles. The van der Waals surface area contributed by atoms with E-state index < -0.39 is 38.0 Å². The number of rotatable bonds is 8. The Balaban J connectivity index is 2.18. The molecular formula is C21H18Cl6N2O7. The van der Waals surface area contributed by atoms with Gasteiger partial charge in [0.15, 0.2) is 0 Å². The fourth-order valence-electron chi connectivity index (χ4n) is 2.54. The van der Waals surface area contributed by atoms with Gasteiger partial charge in [-0.3, -0.25) is 10.6 Å². The van der Waals surface area contributed by atoms with E-state index >= 15 is 0 Å². The molecule has 0 aliphatic heterocycles. The molecule has 0 saturated heterocycles. The monoisotopic (exact) mass is 620 g/mol. The number of alkyl halides is 6. The summed E-state index contributed by atoms with van der Waals surface area (Å²) in [5.74, 6) is -1.11. The number of urea groups is 1. The van der Waals surface area contributed by atoms with Crippen LogP contribution in [0.3, 0.4) is 0 Å². The molecule has 2 rings (SSSR count). The molecule has 0 heterocycles. The van der Waals surface area contributed by atoms with E-state index in [1.54, 1.807) is 0 Å². The van der Waals surface area contributed by atoms with E-state index in [1.165, 1.54) is 62.8 Å². The van der Waals surface area contributed by atoms with Crippen LogP contribution in [0.25, 0.3) is 0 Å². The van der Waals surface area contributed by atoms with Gasteiger partial charge >= 0.3 is 18.0 Å². The van der Waals surface area contributed by atoms with Crippen molar-refractivity contribution in [3.63, 3.8) is 0 Å². The second-order valence-corrected chi connectivity index (χ2v) is 11.5. The minimum atomic E-state index is -2.18. The summed E-state index contributed by atoms with van der Waals surface area (Å²) in [6.45, 7) is 0. The van der Waals surface area contributed by atoms with Crippen LogP contribution in [0, 0.1) is 0 Å². The molecule has 0 spiro atoms. The van der Waals surface area contributed by atoms with E-state index in [0.717, 1.165) is 0 Å². The highest BCUT2D eigenvalue weighted by atomic mass is 35.6. The third-order valence-electron chi connectivity index (χ3n) is 4.14. The van der Waals surface area contributed by atoms with Crippen molar-refractivity contribution in [1.29, 1.82) is 0 Å². The molecule has 2 aromatic rings. The summed E-state index contributed by atoms with van der Waals surface area (Å²) in [6.07, 6.45) is -3.15. The lowest BCUT2D eigenvalue weighted by molar-refractivity contribution is 0.0591. The Hall–Kier alpha value is -2.01. The number of benzene rings is 2. The zero-order chi connectivity index (χ0) is 27.1. The Morgan fingerprint density at radius 1 is 0.694 bits per heavy atom. The van der Waals surface area contributed by atoms with Gasteiger partial charge in [0, 0.05) is 0 Å². The van der Waals surface area contributed by atoms with E-state index in [9.17, 15) is 14.4 Å². The van der Waals surface area contributed by atoms with Crippen molar-refractivity contribution in [1.82, 2.24) is 10.6 Å². The molecule has 0 unspecified atom stereocenters. The van der Waals surface area contributed by atoms with Gasteiger partial charge in [-0.25, -0.2) is 14.4 Å². The Labute approximate surface area is 236 Å². The van der Waals surface area contributed by atoms with Crippen LogP contribution in [0.5, 0.6) is 11.5 Å². The fraction of sp³-hybridized carbons (Fsp3) is 0.286. The molecule has 2 amide bonds. The summed E-state index contributed by atoms with van der Waals surface area (Å²) >= 11 is 35.7. The summed E-state index contributed by atoms with van der Waals surface area (Å²) in [5.41, 5.74) is 0.308. The lowest BCUT2D eigenvalue weighted by atomic mass is 10.2. The minimum absolute atomic E-state index is 0.0725. The number of halogens is 6. The molecule has 0 bridgehead atoms. The first-order chi connectivity index (χ1) is 16.7. The van der Waals surface area contributed by atoms with Crippen LogP contribution in [0.2, 0.25) is 0 Å². The van der Waals surface area contributed by atoms with Crippen molar-refractivity contribution in [2.75, 3.05) is 14.2 Å². The van der Waals surface area contributed by atoms with Gasteiger partial charge in [-0.2, -0.15) is 0 Å². The van der Waals surface area contributed by atoms with E-state index in [-0.39, 0.29) is 22.6 Å². The summed E-state index contributed by atoms with van der Waals surface area (Å²) in [7, 11) is 2.42. The molecule has 0 saturated carbocycles. The topological polar surface area (TPSA) is 112 Å². The molecule has 0 aliphatic carbocycles. The van der Waals surface area contributed by atoms with E-state index in [4.69, 9.17) is 79.1 Å². The highest BCUT2D eigenvalue weighted by Crippen LogP contribution is 2.34. The number of ether oxygens (including phenoxy) is 4. The molecule has 0 radical (unpaired) electrons. The van der Waals surface area contributed by atoms with Gasteiger partial charge in [-0.05, 0) is 36.4 Å². The lowest BCUT2D eigenvalue weighted by Crippen LogP contribution is -2.56. The molecule has 15 heteroatoms. The maximum absolute atomic E-state index is 12.7. The number of carbonyl (C=O) groups excluding carboxylic acids is 3. The average Bonchev–Trinajstić information content (AvgIpc) is 2.81. The molecular weight excluding hydrogens is 605 g/mol. The van der Waals surface area contributed by atoms with E-state index in [0.29, 0.717) is 0 Å². The van der Waals surface area contributed by atoms with Crippen LogP contribution in [-0.2, 0) is 9.47 Å². The van der Waals surface area contributed by atoms with Crippen LogP contribution < -0.4 is 20.1 Å². The van der Waals surface area contributed by atoms with Crippen molar-refractivity contribution < 1.29 is 33.3 Å². The third-order valence-corrected chi connectivity index (χ3v) is 5.33. The molecule has 2 atom stereocenters. The molecule has 0 fully saturated rings. The second kappa shape index (κ2) is 13.0. The Kier molecular flexibility index (Phi) is 10.9. The van der Waals surface area contributed by atoms with Gasteiger partial charge in [0.1, 0.15) is 11.5 Å². The summed E-state index contributed by atoms with van der Waals surface area (Å²) < 4.78 is 16.1. The van der Waals surface area contributed by atoms with Crippen molar-refractivity contribution in [3.05, 3.63) is 59.7 Å². The number of esters is 2. The Morgan fingerprint density at radius 2 is 1.06 bits per heavy atom. The Morgan fingerprint density at radius 3 is 1.36 bits per heavy atom. The summed E-state index contributed by atoms with van der Waals surface area (Å²) in [6, 6.07) is 10.5. The number of carbonyl (C=O) groups is 3. The molecule has 0 aromatic heterocycles. The molecule has 36 heavy (non-hydrogen) atoms. The van der Waals surface area contributed by atoms with Crippen LogP contribution in [0.1, 0.15) is 20.7 Å². The lowest BCUT2D eigenvalue weighted by Gasteiger charge is -2.30. The highest BCUT2D eigenvalue weighted by Gasteiger charge is 2.40. The van der Waals surface area contributed by atoms with E-state index in [2.05, 4.69) is 20.1 Å². The fourth-order valence-corrected chi connectivity index (χ4v) is 3.13. The first-order valence-electron chi connectivity index (χ1n) is 9.65. The van der Waals surface area contributed by atoms with Gasteiger partial charge in [0.05, 0.1) is 25.3 Å². The molecule has 9 nitrogen and oxygen atoms in total.